The van der Waals surface area contributed by atoms with Crippen LogP contribution in [0.15, 0.2) is 47.4 Å². The molecule has 0 spiro atoms. The highest BCUT2D eigenvalue weighted by molar-refractivity contribution is 7.87. The Balaban J connectivity index is 2.32. The van der Waals surface area contributed by atoms with Crippen molar-refractivity contribution >= 4 is 20.2 Å². The van der Waals surface area contributed by atoms with Gasteiger partial charge in [0.1, 0.15) is 4.90 Å². The standard InChI is InChI=1S/C14H14O9S2/c1-21-14-8-10(6-7-11(14)15)25(19,20)23-13-5-3-2-4-12(13)22-9-24(16,17)18/h2-8,15H,9H2,1H3,(H,16,17,18). The normalized spacial score (nSPS) is 11.8. The SMILES string of the molecule is COc1cc(S(=O)(=O)Oc2ccccc2OCS(=O)(=O)O)ccc1O. The molecule has 0 fully saturated rings. The molecule has 136 valence electrons. The van der Waals surface area contributed by atoms with Crippen LogP contribution in [-0.4, -0.2) is 39.5 Å². The van der Waals surface area contributed by atoms with Crippen molar-refractivity contribution in [2.75, 3.05) is 13.0 Å². The molecule has 2 aromatic carbocycles. The molecule has 0 heterocycles. The van der Waals surface area contributed by atoms with Crippen molar-refractivity contribution in [2.45, 2.75) is 4.90 Å². The number of phenolic OH excluding ortho intramolecular Hbond substituents is 1. The third-order valence-electron chi connectivity index (χ3n) is 2.85. The number of aromatic hydroxyl groups is 1. The van der Waals surface area contributed by atoms with E-state index in [4.69, 9.17) is 18.2 Å². The van der Waals surface area contributed by atoms with E-state index in [9.17, 15) is 21.9 Å². The molecule has 0 aliphatic heterocycles. The molecule has 0 unspecified atom stereocenters. The maximum atomic E-state index is 12.4. The Hall–Kier alpha value is -2.50. The number of para-hydroxylation sites is 2. The minimum Gasteiger partial charge on any atom is -0.504 e. The highest BCUT2D eigenvalue weighted by Crippen LogP contribution is 2.32. The molecule has 0 amide bonds. The van der Waals surface area contributed by atoms with Gasteiger partial charge in [0, 0.05) is 6.07 Å². The van der Waals surface area contributed by atoms with Crippen LogP contribution in [0.4, 0.5) is 0 Å². The topological polar surface area (TPSA) is 136 Å². The fourth-order valence-electron chi connectivity index (χ4n) is 1.76. The summed E-state index contributed by atoms with van der Waals surface area (Å²) in [4.78, 5) is -0.299. The summed E-state index contributed by atoms with van der Waals surface area (Å²) < 4.78 is 69.6. The second kappa shape index (κ2) is 7.17. The Morgan fingerprint density at radius 1 is 0.960 bits per heavy atom. The average molecular weight is 390 g/mol. The van der Waals surface area contributed by atoms with Gasteiger partial charge in [0.05, 0.1) is 7.11 Å². The average Bonchev–Trinajstić information content (AvgIpc) is 2.53. The third-order valence-corrected chi connectivity index (χ3v) is 4.50. The smallest absolute Gasteiger partial charge is 0.339 e. The molecule has 0 saturated carbocycles. The van der Waals surface area contributed by atoms with Gasteiger partial charge in [-0.25, -0.2) is 0 Å². The van der Waals surface area contributed by atoms with Crippen LogP contribution < -0.4 is 13.7 Å². The lowest BCUT2D eigenvalue weighted by molar-refractivity contribution is 0.341. The predicted octanol–water partition coefficient (Wildman–Crippen LogP) is 1.39. The molecule has 0 aliphatic carbocycles. The first-order chi connectivity index (χ1) is 11.6. The van der Waals surface area contributed by atoms with Crippen molar-refractivity contribution in [1.82, 2.24) is 0 Å². The first-order valence-electron chi connectivity index (χ1n) is 6.61. The van der Waals surface area contributed by atoms with Gasteiger partial charge in [0.2, 0.25) is 5.94 Å². The Morgan fingerprint density at radius 3 is 2.20 bits per heavy atom. The molecule has 2 aromatic rings. The number of benzene rings is 2. The second-order valence-electron chi connectivity index (χ2n) is 4.66. The number of phenols is 1. The van der Waals surface area contributed by atoms with Gasteiger partial charge in [-0.2, -0.15) is 16.8 Å². The largest absolute Gasteiger partial charge is 0.504 e. The Bertz CT molecular complexity index is 966. The zero-order valence-electron chi connectivity index (χ0n) is 12.8. The van der Waals surface area contributed by atoms with Gasteiger partial charge in [0.25, 0.3) is 0 Å². The lowest BCUT2D eigenvalue weighted by Gasteiger charge is -2.12. The quantitative estimate of drug-likeness (QED) is 0.531. The summed E-state index contributed by atoms with van der Waals surface area (Å²) in [6, 6.07) is 8.71. The molecule has 25 heavy (non-hydrogen) atoms. The summed E-state index contributed by atoms with van der Waals surface area (Å²) in [6.07, 6.45) is 0. The van der Waals surface area contributed by atoms with Gasteiger partial charge in [-0.15, -0.1) is 0 Å². The van der Waals surface area contributed by atoms with Crippen LogP contribution in [-0.2, 0) is 20.2 Å². The molecule has 0 atom stereocenters. The molecule has 0 aliphatic rings. The van der Waals surface area contributed by atoms with Crippen LogP contribution in [0.1, 0.15) is 0 Å². The zero-order valence-corrected chi connectivity index (χ0v) is 14.5. The van der Waals surface area contributed by atoms with Gasteiger partial charge in [-0.05, 0) is 24.3 Å². The van der Waals surface area contributed by atoms with E-state index in [1.54, 1.807) is 0 Å². The number of rotatable bonds is 7. The number of hydrogen-bond acceptors (Lipinski definition) is 8. The van der Waals surface area contributed by atoms with Crippen LogP contribution in [0.25, 0.3) is 0 Å². The highest BCUT2D eigenvalue weighted by atomic mass is 32.2. The minimum absolute atomic E-state index is 0.0689. The molecule has 0 saturated heterocycles. The molecular weight excluding hydrogens is 376 g/mol. The van der Waals surface area contributed by atoms with Crippen molar-refractivity contribution in [1.29, 1.82) is 0 Å². The number of hydrogen-bond donors (Lipinski definition) is 2. The Morgan fingerprint density at radius 2 is 1.60 bits per heavy atom. The van der Waals surface area contributed by atoms with Gasteiger partial charge >= 0.3 is 20.2 Å². The van der Waals surface area contributed by atoms with Gasteiger partial charge in [0.15, 0.2) is 23.0 Å². The van der Waals surface area contributed by atoms with Crippen molar-refractivity contribution in [2.24, 2.45) is 0 Å². The molecule has 0 radical (unpaired) electrons. The van der Waals surface area contributed by atoms with E-state index >= 15 is 0 Å². The van der Waals surface area contributed by atoms with Crippen LogP contribution in [0.3, 0.4) is 0 Å². The summed E-state index contributed by atoms with van der Waals surface area (Å²) in [6.45, 7) is 0. The first-order valence-corrected chi connectivity index (χ1v) is 9.62. The summed E-state index contributed by atoms with van der Waals surface area (Å²) in [7, 11) is -7.49. The molecule has 0 bridgehead atoms. The molecule has 9 nitrogen and oxygen atoms in total. The monoisotopic (exact) mass is 390 g/mol. The minimum atomic E-state index is -4.42. The molecule has 2 rings (SSSR count). The van der Waals surface area contributed by atoms with Crippen LogP contribution in [0.2, 0.25) is 0 Å². The van der Waals surface area contributed by atoms with E-state index in [1.165, 1.54) is 31.4 Å². The van der Waals surface area contributed by atoms with Crippen molar-refractivity contribution < 1.29 is 40.2 Å². The van der Waals surface area contributed by atoms with E-state index in [0.717, 1.165) is 18.2 Å². The summed E-state index contributed by atoms with van der Waals surface area (Å²) in [5.74, 6) is -1.87. The van der Waals surface area contributed by atoms with E-state index in [2.05, 4.69) is 0 Å². The fraction of sp³-hybridized carbons (Fsp3) is 0.143. The fourth-order valence-corrected chi connectivity index (χ4v) is 2.99. The Kier molecular flexibility index (Phi) is 5.40. The summed E-state index contributed by atoms with van der Waals surface area (Å²) >= 11 is 0. The van der Waals surface area contributed by atoms with Gasteiger partial charge in [-0.3, -0.25) is 4.55 Å². The number of methoxy groups -OCH3 is 1. The third kappa shape index (κ3) is 4.98. The highest BCUT2D eigenvalue weighted by Gasteiger charge is 2.21. The molecule has 11 heteroatoms. The maximum absolute atomic E-state index is 12.4. The lowest BCUT2D eigenvalue weighted by Crippen LogP contribution is -2.13. The molecule has 0 aromatic heterocycles. The number of ether oxygens (including phenoxy) is 2. The predicted molar refractivity (Wildman–Crippen MR) is 86.0 cm³/mol. The zero-order chi connectivity index (χ0) is 18.7. The van der Waals surface area contributed by atoms with Crippen molar-refractivity contribution in [3.8, 4) is 23.0 Å². The van der Waals surface area contributed by atoms with Gasteiger partial charge in [-0.1, -0.05) is 12.1 Å². The second-order valence-corrected chi connectivity index (χ2v) is 7.61. The van der Waals surface area contributed by atoms with E-state index in [-0.39, 0.29) is 27.9 Å². The summed E-state index contributed by atoms with van der Waals surface area (Å²) in [5.41, 5.74) is 0. The molecule has 2 N–H and O–H groups in total. The van der Waals surface area contributed by atoms with E-state index in [0.29, 0.717) is 0 Å². The first kappa shape index (κ1) is 18.8. The van der Waals surface area contributed by atoms with E-state index in [1.807, 2.05) is 0 Å². The van der Waals surface area contributed by atoms with E-state index < -0.39 is 26.2 Å². The summed E-state index contributed by atoms with van der Waals surface area (Å²) in [5, 5.41) is 9.52. The molecular formula is C14H14O9S2. The lowest BCUT2D eigenvalue weighted by atomic mass is 10.3. The van der Waals surface area contributed by atoms with Crippen LogP contribution >= 0.6 is 0 Å². The van der Waals surface area contributed by atoms with Crippen LogP contribution in [0.5, 0.6) is 23.0 Å². The van der Waals surface area contributed by atoms with Crippen molar-refractivity contribution in [3.63, 3.8) is 0 Å². The Labute approximate surface area is 144 Å². The van der Waals surface area contributed by atoms with Gasteiger partial charge < -0.3 is 18.8 Å². The van der Waals surface area contributed by atoms with Crippen LogP contribution in [0, 0.1) is 0 Å². The maximum Gasteiger partial charge on any atom is 0.339 e. The van der Waals surface area contributed by atoms with Crippen molar-refractivity contribution in [3.05, 3.63) is 42.5 Å².